The Hall–Kier alpha value is -1.91. The fourth-order valence-electron chi connectivity index (χ4n) is 2.75. The van der Waals surface area contributed by atoms with Crippen LogP contribution in [0.15, 0.2) is 23.2 Å². The van der Waals surface area contributed by atoms with Gasteiger partial charge in [0, 0.05) is 31.3 Å². The lowest BCUT2D eigenvalue weighted by atomic mass is 10.2. The summed E-state index contributed by atoms with van der Waals surface area (Å²) >= 11 is 0. The fraction of sp³-hybridized carbons (Fsp3) is 0.611. The zero-order valence-corrected chi connectivity index (χ0v) is 14.7. The average Bonchev–Trinajstić information content (AvgIpc) is 3.04. The molecule has 5 nitrogen and oxygen atoms in total. The lowest BCUT2D eigenvalue weighted by Gasteiger charge is -2.19. The van der Waals surface area contributed by atoms with E-state index in [1.54, 1.807) is 14.2 Å². The minimum absolute atomic E-state index is 0.328. The SMILES string of the molecule is CN=C(NCc1ccc(OC)cc1OC1CCCC1)NC(C)C. The van der Waals surface area contributed by atoms with Crippen LogP contribution in [0, 0.1) is 0 Å². The van der Waals surface area contributed by atoms with Crippen molar-refractivity contribution in [3.05, 3.63) is 23.8 Å². The predicted octanol–water partition coefficient (Wildman–Crippen LogP) is 3.09. The first-order valence-corrected chi connectivity index (χ1v) is 8.43. The maximum absolute atomic E-state index is 6.22. The van der Waals surface area contributed by atoms with Gasteiger partial charge in [0.25, 0.3) is 0 Å². The fourth-order valence-corrected chi connectivity index (χ4v) is 2.75. The highest BCUT2D eigenvalue weighted by Gasteiger charge is 2.18. The smallest absolute Gasteiger partial charge is 0.191 e. The summed E-state index contributed by atoms with van der Waals surface area (Å²) in [7, 11) is 3.46. The maximum Gasteiger partial charge on any atom is 0.191 e. The number of guanidine groups is 1. The zero-order valence-electron chi connectivity index (χ0n) is 14.7. The van der Waals surface area contributed by atoms with Gasteiger partial charge in [-0.05, 0) is 51.7 Å². The monoisotopic (exact) mass is 319 g/mol. The number of nitrogens with one attached hydrogen (secondary N) is 2. The Balaban J connectivity index is 2.06. The largest absolute Gasteiger partial charge is 0.497 e. The molecule has 128 valence electrons. The van der Waals surface area contributed by atoms with Gasteiger partial charge in [-0.2, -0.15) is 0 Å². The van der Waals surface area contributed by atoms with Crippen LogP contribution in [0.3, 0.4) is 0 Å². The minimum Gasteiger partial charge on any atom is -0.497 e. The second-order valence-electron chi connectivity index (χ2n) is 6.22. The normalized spacial score (nSPS) is 15.8. The Morgan fingerprint density at radius 3 is 2.65 bits per heavy atom. The van der Waals surface area contributed by atoms with Crippen molar-refractivity contribution >= 4 is 5.96 Å². The predicted molar refractivity (Wildman–Crippen MR) is 94.3 cm³/mol. The number of ether oxygens (including phenoxy) is 2. The van der Waals surface area contributed by atoms with Gasteiger partial charge in [-0.3, -0.25) is 4.99 Å². The quantitative estimate of drug-likeness (QED) is 0.625. The molecular weight excluding hydrogens is 290 g/mol. The van der Waals surface area contributed by atoms with Gasteiger partial charge in [-0.1, -0.05) is 0 Å². The number of hydrogen-bond donors (Lipinski definition) is 2. The van der Waals surface area contributed by atoms with Gasteiger partial charge in [0.2, 0.25) is 0 Å². The molecule has 1 fully saturated rings. The standard InChI is InChI=1S/C18H29N3O2/c1-13(2)21-18(19-3)20-12-14-9-10-16(22-4)11-17(14)23-15-7-5-6-8-15/h9-11,13,15H,5-8,12H2,1-4H3,(H2,19,20,21). The van der Waals surface area contributed by atoms with Crippen LogP contribution in [0.1, 0.15) is 45.1 Å². The zero-order chi connectivity index (χ0) is 16.7. The van der Waals surface area contributed by atoms with E-state index in [1.165, 1.54) is 12.8 Å². The molecule has 0 unspecified atom stereocenters. The highest BCUT2D eigenvalue weighted by molar-refractivity contribution is 5.79. The van der Waals surface area contributed by atoms with Crippen LogP contribution >= 0.6 is 0 Å². The summed E-state index contributed by atoms with van der Waals surface area (Å²) in [5, 5.41) is 6.63. The summed E-state index contributed by atoms with van der Waals surface area (Å²) in [6.45, 7) is 4.85. The maximum atomic E-state index is 6.22. The first kappa shape index (κ1) is 17.4. The molecule has 2 rings (SSSR count). The van der Waals surface area contributed by atoms with Crippen LogP contribution in [0.5, 0.6) is 11.5 Å². The highest BCUT2D eigenvalue weighted by Crippen LogP contribution is 2.29. The number of benzene rings is 1. The Kier molecular flexibility index (Phi) is 6.56. The molecule has 0 aliphatic heterocycles. The van der Waals surface area contributed by atoms with Crippen LogP contribution < -0.4 is 20.1 Å². The van der Waals surface area contributed by atoms with Crippen molar-refractivity contribution in [3.8, 4) is 11.5 Å². The topological polar surface area (TPSA) is 54.9 Å². The van der Waals surface area contributed by atoms with Gasteiger partial charge in [-0.15, -0.1) is 0 Å². The van der Waals surface area contributed by atoms with Crippen molar-refractivity contribution in [2.24, 2.45) is 4.99 Å². The first-order valence-electron chi connectivity index (χ1n) is 8.43. The molecular formula is C18H29N3O2. The number of nitrogens with zero attached hydrogens (tertiary/aromatic N) is 1. The third kappa shape index (κ3) is 5.34. The van der Waals surface area contributed by atoms with Crippen molar-refractivity contribution < 1.29 is 9.47 Å². The summed E-state index contributed by atoms with van der Waals surface area (Å²) in [6.07, 6.45) is 5.12. The van der Waals surface area contributed by atoms with E-state index >= 15 is 0 Å². The second kappa shape index (κ2) is 8.65. The van der Waals surface area contributed by atoms with Crippen molar-refractivity contribution in [3.63, 3.8) is 0 Å². The Bertz CT molecular complexity index is 523. The third-order valence-corrected chi connectivity index (χ3v) is 3.97. The van der Waals surface area contributed by atoms with Gasteiger partial charge < -0.3 is 20.1 Å². The summed E-state index contributed by atoms with van der Waals surface area (Å²) < 4.78 is 11.6. The molecule has 0 atom stereocenters. The summed E-state index contributed by atoms with van der Waals surface area (Å²) in [5.41, 5.74) is 1.12. The van der Waals surface area contributed by atoms with Crippen LogP contribution in [0.25, 0.3) is 0 Å². The summed E-state index contributed by atoms with van der Waals surface area (Å²) in [4.78, 5) is 4.24. The molecule has 0 bridgehead atoms. The van der Waals surface area contributed by atoms with E-state index in [4.69, 9.17) is 9.47 Å². The molecule has 0 aromatic heterocycles. The minimum atomic E-state index is 0.328. The Morgan fingerprint density at radius 1 is 1.30 bits per heavy atom. The number of rotatable bonds is 6. The average molecular weight is 319 g/mol. The molecule has 1 aliphatic rings. The molecule has 1 aliphatic carbocycles. The molecule has 23 heavy (non-hydrogen) atoms. The lowest BCUT2D eigenvalue weighted by molar-refractivity contribution is 0.207. The molecule has 1 aromatic rings. The molecule has 0 radical (unpaired) electrons. The Labute approximate surface area is 139 Å². The lowest BCUT2D eigenvalue weighted by Crippen LogP contribution is -2.40. The van der Waals surface area contributed by atoms with Gasteiger partial charge in [0.05, 0.1) is 13.2 Å². The van der Waals surface area contributed by atoms with Crippen molar-refractivity contribution in [2.75, 3.05) is 14.2 Å². The van der Waals surface area contributed by atoms with E-state index in [-0.39, 0.29) is 0 Å². The molecule has 1 aromatic carbocycles. The van der Waals surface area contributed by atoms with Crippen molar-refractivity contribution in [1.29, 1.82) is 0 Å². The Morgan fingerprint density at radius 2 is 2.04 bits per heavy atom. The summed E-state index contributed by atoms with van der Waals surface area (Å²) in [5.74, 6) is 2.53. The van der Waals surface area contributed by atoms with E-state index in [0.717, 1.165) is 35.9 Å². The number of methoxy groups -OCH3 is 1. The van der Waals surface area contributed by atoms with Gasteiger partial charge in [-0.25, -0.2) is 0 Å². The summed E-state index contributed by atoms with van der Waals surface area (Å²) in [6, 6.07) is 6.34. The van der Waals surface area contributed by atoms with Crippen LogP contribution in [-0.4, -0.2) is 32.3 Å². The third-order valence-electron chi connectivity index (χ3n) is 3.97. The molecule has 0 amide bonds. The molecule has 5 heteroatoms. The second-order valence-corrected chi connectivity index (χ2v) is 6.22. The van der Waals surface area contributed by atoms with Crippen molar-refractivity contribution in [2.45, 2.75) is 58.2 Å². The first-order chi connectivity index (χ1) is 11.1. The van der Waals surface area contributed by atoms with E-state index in [1.807, 2.05) is 12.1 Å². The van der Waals surface area contributed by atoms with E-state index in [2.05, 4.69) is 35.5 Å². The number of aliphatic imine (C=N–C) groups is 1. The molecule has 0 spiro atoms. The van der Waals surface area contributed by atoms with Gasteiger partial charge in [0.1, 0.15) is 11.5 Å². The van der Waals surface area contributed by atoms with E-state index < -0.39 is 0 Å². The van der Waals surface area contributed by atoms with E-state index in [9.17, 15) is 0 Å². The highest BCUT2D eigenvalue weighted by atomic mass is 16.5. The van der Waals surface area contributed by atoms with Crippen LogP contribution in [-0.2, 0) is 6.54 Å². The van der Waals surface area contributed by atoms with Gasteiger partial charge in [0.15, 0.2) is 5.96 Å². The van der Waals surface area contributed by atoms with E-state index in [0.29, 0.717) is 18.7 Å². The molecule has 2 N–H and O–H groups in total. The molecule has 0 saturated heterocycles. The van der Waals surface area contributed by atoms with Crippen LogP contribution in [0.4, 0.5) is 0 Å². The van der Waals surface area contributed by atoms with Gasteiger partial charge >= 0.3 is 0 Å². The van der Waals surface area contributed by atoms with Crippen LogP contribution in [0.2, 0.25) is 0 Å². The number of hydrogen-bond acceptors (Lipinski definition) is 3. The molecule has 1 saturated carbocycles. The molecule has 0 heterocycles. The van der Waals surface area contributed by atoms with Crippen molar-refractivity contribution in [1.82, 2.24) is 10.6 Å².